The van der Waals surface area contributed by atoms with Crippen LogP contribution >= 0.6 is 0 Å². The fourth-order valence-corrected chi connectivity index (χ4v) is 4.63. The van der Waals surface area contributed by atoms with Gasteiger partial charge >= 0.3 is 6.18 Å². The fraction of sp³-hybridized carbons (Fsp3) is 0.333. The zero-order valence-electron chi connectivity index (χ0n) is 18.0. The molecule has 2 aromatic rings. The highest BCUT2D eigenvalue weighted by Gasteiger charge is 2.44. The maximum absolute atomic E-state index is 13.3. The number of hydrogen-bond acceptors (Lipinski definition) is 4. The van der Waals surface area contributed by atoms with E-state index in [-0.39, 0.29) is 35.9 Å². The molecule has 0 fully saturated rings. The molecule has 1 atom stereocenters. The number of nitro groups is 1. The number of hydrogen-bond donors (Lipinski definition) is 0. The maximum atomic E-state index is 13.3. The number of ketones is 1. The standard InChI is InChI=1S/C24H21F3N2O4/c1-23(2)12-19-22(20(30)13-23)18(14-3-7-17(8-4-14)29(32)33)11-21(31)28(19)16-9-5-15(6-10-16)24(25,26)27/h3-10,18H,11-13H2,1-2H3. The first-order chi connectivity index (χ1) is 15.4. The van der Waals surface area contributed by atoms with Crippen LogP contribution in [0.5, 0.6) is 0 Å². The molecular weight excluding hydrogens is 437 g/mol. The third-order valence-electron chi connectivity index (χ3n) is 6.10. The fourth-order valence-electron chi connectivity index (χ4n) is 4.63. The van der Waals surface area contributed by atoms with Gasteiger partial charge in [-0.05, 0) is 41.7 Å². The zero-order chi connectivity index (χ0) is 24.1. The maximum Gasteiger partial charge on any atom is 0.416 e. The number of rotatable bonds is 3. The lowest BCUT2D eigenvalue weighted by Gasteiger charge is -2.43. The van der Waals surface area contributed by atoms with Gasteiger partial charge in [-0.1, -0.05) is 26.0 Å². The quantitative estimate of drug-likeness (QED) is 0.432. The highest BCUT2D eigenvalue weighted by atomic mass is 19.4. The first-order valence-corrected chi connectivity index (χ1v) is 10.4. The van der Waals surface area contributed by atoms with Crippen LogP contribution in [0.4, 0.5) is 24.5 Å². The van der Waals surface area contributed by atoms with Crippen molar-refractivity contribution >= 4 is 23.1 Å². The molecule has 0 bridgehead atoms. The van der Waals surface area contributed by atoms with Gasteiger partial charge in [0.25, 0.3) is 5.69 Å². The van der Waals surface area contributed by atoms with E-state index in [1.807, 2.05) is 13.8 Å². The van der Waals surface area contributed by atoms with Gasteiger partial charge in [-0.2, -0.15) is 13.2 Å². The molecule has 2 aliphatic rings. The Morgan fingerprint density at radius 3 is 2.15 bits per heavy atom. The number of halogens is 3. The van der Waals surface area contributed by atoms with Crippen LogP contribution in [0.3, 0.4) is 0 Å². The summed E-state index contributed by atoms with van der Waals surface area (Å²) in [6, 6.07) is 10.1. The van der Waals surface area contributed by atoms with Gasteiger partial charge in [-0.25, -0.2) is 0 Å². The minimum atomic E-state index is -4.50. The van der Waals surface area contributed by atoms with Gasteiger partial charge in [-0.3, -0.25) is 24.6 Å². The summed E-state index contributed by atoms with van der Waals surface area (Å²) in [6.45, 7) is 3.80. The summed E-state index contributed by atoms with van der Waals surface area (Å²) >= 11 is 0. The molecular formula is C24H21F3N2O4. The molecule has 33 heavy (non-hydrogen) atoms. The van der Waals surface area contributed by atoms with Crippen molar-refractivity contribution in [3.63, 3.8) is 0 Å². The molecule has 0 saturated heterocycles. The van der Waals surface area contributed by atoms with E-state index in [4.69, 9.17) is 0 Å². The van der Waals surface area contributed by atoms with E-state index in [0.29, 0.717) is 23.3 Å². The van der Waals surface area contributed by atoms with E-state index >= 15 is 0 Å². The lowest BCUT2D eigenvalue weighted by molar-refractivity contribution is -0.384. The molecule has 1 heterocycles. The van der Waals surface area contributed by atoms with Crippen molar-refractivity contribution in [1.82, 2.24) is 0 Å². The molecule has 4 rings (SSSR count). The largest absolute Gasteiger partial charge is 0.416 e. The van der Waals surface area contributed by atoms with E-state index < -0.39 is 28.0 Å². The second-order valence-corrected chi connectivity index (χ2v) is 9.18. The molecule has 0 radical (unpaired) electrons. The predicted molar refractivity (Wildman–Crippen MR) is 114 cm³/mol. The second-order valence-electron chi connectivity index (χ2n) is 9.18. The summed E-state index contributed by atoms with van der Waals surface area (Å²) in [5.41, 5.74) is 0.455. The molecule has 1 amide bonds. The number of amides is 1. The second kappa shape index (κ2) is 7.83. The monoisotopic (exact) mass is 458 g/mol. The molecule has 1 aliphatic carbocycles. The molecule has 6 nitrogen and oxygen atoms in total. The first-order valence-electron chi connectivity index (χ1n) is 10.4. The molecule has 0 spiro atoms. The van der Waals surface area contributed by atoms with Crippen molar-refractivity contribution in [1.29, 1.82) is 0 Å². The number of carbonyl (C=O) groups excluding carboxylic acids is 2. The lowest BCUT2D eigenvalue weighted by atomic mass is 9.69. The van der Waals surface area contributed by atoms with Crippen molar-refractivity contribution in [2.45, 2.75) is 45.2 Å². The van der Waals surface area contributed by atoms with Crippen LogP contribution < -0.4 is 4.90 Å². The number of benzene rings is 2. The Morgan fingerprint density at radius 2 is 1.61 bits per heavy atom. The van der Waals surface area contributed by atoms with Crippen LogP contribution in [0, 0.1) is 15.5 Å². The normalized spacial score (nSPS) is 20.6. The smallest absolute Gasteiger partial charge is 0.294 e. The highest BCUT2D eigenvalue weighted by Crippen LogP contribution is 2.48. The molecule has 9 heteroatoms. The van der Waals surface area contributed by atoms with Crippen molar-refractivity contribution in [2.24, 2.45) is 5.41 Å². The number of nitro benzene ring substituents is 1. The van der Waals surface area contributed by atoms with Crippen molar-refractivity contribution in [2.75, 3.05) is 4.90 Å². The SMILES string of the molecule is CC1(C)CC(=O)C2=C(C1)N(c1ccc(C(F)(F)F)cc1)C(=O)CC2c1ccc([N+](=O)[O-])cc1. The number of alkyl halides is 3. The van der Waals surface area contributed by atoms with Gasteiger partial charge in [-0.15, -0.1) is 0 Å². The van der Waals surface area contributed by atoms with E-state index in [0.717, 1.165) is 12.1 Å². The molecule has 0 N–H and O–H groups in total. The summed E-state index contributed by atoms with van der Waals surface area (Å²) in [6.07, 6.45) is -3.91. The van der Waals surface area contributed by atoms with Crippen LogP contribution in [0.1, 0.15) is 50.2 Å². The van der Waals surface area contributed by atoms with Gasteiger partial charge in [0.1, 0.15) is 0 Å². The third-order valence-corrected chi connectivity index (χ3v) is 6.10. The van der Waals surface area contributed by atoms with E-state index in [1.165, 1.54) is 29.2 Å². The Bertz CT molecular complexity index is 1170. The Balaban J connectivity index is 1.82. The molecule has 2 aromatic carbocycles. The van der Waals surface area contributed by atoms with Gasteiger partial charge in [0.05, 0.1) is 10.5 Å². The van der Waals surface area contributed by atoms with Crippen LogP contribution in [0.15, 0.2) is 59.8 Å². The van der Waals surface area contributed by atoms with Gasteiger partial charge in [0, 0.05) is 47.8 Å². The summed E-state index contributed by atoms with van der Waals surface area (Å²) in [7, 11) is 0. The van der Waals surface area contributed by atoms with Gasteiger partial charge < -0.3 is 0 Å². The summed E-state index contributed by atoms with van der Waals surface area (Å²) in [5.74, 6) is -1.04. The number of allylic oxidation sites excluding steroid dienone is 2. The number of non-ortho nitro benzene ring substituents is 1. The number of Topliss-reactive ketones (excluding diaryl/α,β-unsaturated/α-hetero) is 1. The molecule has 1 unspecified atom stereocenters. The Kier molecular flexibility index (Phi) is 5.38. The molecule has 1 aliphatic heterocycles. The van der Waals surface area contributed by atoms with E-state index in [2.05, 4.69) is 0 Å². The zero-order valence-corrected chi connectivity index (χ0v) is 18.0. The van der Waals surface area contributed by atoms with Crippen LogP contribution in [-0.4, -0.2) is 16.6 Å². The Hall–Kier alpha value is -3.49. The average Bonchev–Trinajstić information content (AvgIpc) is 2.71. The first kappa shape index (κ1) is 22.7. The Labute approximate surface area is 187 Å². The molecule has 0 saturated carbocycles. The summed E-state index contributed by atoms with van der Waals surface area (Å²) < 4.78 is 39.0. The van der Waals surface area contributed by atoms with E-state index in [9.17, 15) is 32.9 Å². The number of carbonyl (C=O) groups is 2. The van der Waals surface area contributed by atoms with Crippen molar-refractivity contribution in [3.05, 3.63) is 81.0 Å². The molecule has 172 valence electrons. The lowest BCUT2D eigenvalue weighted by Crippen LogP contribution is -2.43. The van der Waals surface area contributed by atoms with Crippen LogP contribution in [0.2, 0.25) is 0 Å². The van der Waals surface area contributed by atoms with Crippen molar-refractivity contribution in [3.8, 4) is 0 Å². The third kappa shape index (κ3) is 4.27. The van der Waals surface area contributed by atoms with Crippen LogP contribution in [-0.2, 0) is 15.8 Å². The number of nitrogens with zero attached hydrogens (tertiary/aromatic N) is 2. The number of anilines is 1. The molecule has 0 aromatic heterocycles. The minimum absolute atomic E-state index is 0.0656. The van der Waals surface area contributed by atoms with Gasteiger partial charge in [0.2, 0.25) is 5.91 Å². The van der Waals surface area contributed by atoms with Gasteiger partial charge in [0.15, 0.2) is 5.78 Å². The Morgan fingerprint density at radius 1 is 1.00 bits per heavy atom. The van der Waals surface area contributed by atoms with Crippen LogP contribution in [0.25, 0.3) is 0 Å². The summed E-state index contributed by atoms with van der Waals surface area (Å²) in [5, 5.41) is 11.0. The predicted octanol–water partition coefficient (Wildman–Crippen LogP) is 5.78. The van der Waals surface area contributed by atoms with Crippen molar-refractivity contribution < 1.29 is 27.7 Å². The van der Waals surface area contributed by atoms with E-state index in [1.54, 1.807) is 12.1 Å². The topological polar surface area (TPSA) is 80.5 Å². The minimum Gasteiger partial charge on any atom is -0.294 e. The highest BCUT2D eigenvalue weighted by molar-refractivity contribution is 6.07. The average molecular weight is 458 g/mol. The summed E-state index contributed by atoms with van der Waals surface area (Å²) in [4.78, 5) is 38.3.